The topological polar surface area (TPSA) is 88.6 Å². The number of carbonyl (C=O) groups is 1. The average molecular weight is 468 g/mol. The molecule has 0 saturated heterocycles. The zero-order valence-electron chi connectivity index (χ0n) is 19.8. The fourth-order valence-corrected chi connectivity index (χ4v) is 4.67. The van der Waals surface area contributed by atoms with Gasteiger partial charge in [0, 0.05) is 35.6 Å². The second-order valence-electron chi connectivity index (χ2n) is 8.14. The molecule has 0 aliphatic heterocycles. The molecular formula is C25H29N3O4S. The van der Waals surface area contributed by atoms with Crippen LogP contribution in [0.3, 0.4) is 0 Å². The van der Waals surface area contributed by atoms with Gasteiger partial charge in [-0.1, -0.05) is 6.07 Å². The fraction of sp³-hybridized carbons (Fsp3) is 0.280. The summed E-state index contributed by atoms with van der Waals surface area (Å²) in [5.74, 6) is 0.570. The summed E-state index contributed by atoms with van der Waals surface area (Å²) in [4.78, 5) is 19.1. The maximum atomic E-state index is 12.9. The van der Waals surface area contributed by atoms with Gasteiger partial charge in [0.05, 0.1) is 24.2 Å². The van der Waals surface area contributed by atoms with Crippen LogP contribution in [-0.2, 0) is 16.6 Å². The van der Waals surface area contributed by atoms with E-state index in [0.29, 0.717) is 17.8 Å². The summed E-state index contributed by atoms with van der Waals surface area (Å²) < 4.78 is 33.4. The molecule has 0 spiro atoms. The molecule has 1 amide bonds. The van der Waals surface area contributed by atoms with Crippen LogP contribution >= 0.6 is 0 Å². The number of sulfonamides is 1. The molecule has 2 aromatic carbocycles. The van der Waals surface area contributed by atoms with Gasteiger partial charge in [0.1, 0.15) is 5.75 Å². The van der Waals surface area contributed by atoms with E-state index in [9.17, 15) is 13.2 Å². The van der Waals surface area contributed by atoms with Crippen molar-refractivity contribution in [3.05, 3.63) is 82.2 Å². The molecular weight excluding hydrogens is 438 g/mol. The molecule has 1 N–H and O–H groups in total. The molecule has 0 radical (unpaired) electrons. The van der Waals surface area contributed by atoms with Crippen molar-refractivity contribution in [3.8, 4) is 5.75 Å². The Balaban J connectivity index is 1.73. The van der Waals surface area contributed by atoms with E-state index in [1.54, 1.807) is 67.7 Å². The highest BCUT2D eigenvalue weighted by atomic mass is 32.2. The molecule has 3 aromatic rings. The van der Waals surface area contributed by atoms with E-state index in [1.165, 1.54) is 0 Å². The predicted molar refractivity (Wildman–Crippen MR) is 129 cm³/mol. The van der Waals surface area contributed by atoms with Gasteiger partial charge in [-0.3, -0.25) is 14.5 Å². The van der Waals surface area contributed by atoms with Gasteiger partial charge in [-0.15, -0.1) is 0 Å². The number of aryl methyl sites for hydroxylation is 3. The quantitative estimate of drug-likeness (QED) is 0.556. The number of nitrogens with one attached hydrogen (secondary N) is 1. The number of hydrogen-bond donors (Lipinski definition) is 1. The molecule has 0 bridgehead atoms. The number of rotatable bonds is 7. The minimum absolute atomic E-state index is 0.195. The number of ether oxygens (including phenoxy) is 1. The first kappa shape index (κ1) is 24.3. The number of carbonyl (C=O) groups excluding carboxylic acids is 1. The number of pyridine rings is 1. The molecule has 33 heavy (non-hydrogen) atoms. The highest BCUT2D eigenvalue weighted by Crippen LogP contribution is 2.25. The second-order valence-corrected chi connectivity index (χ2v) is 9.82. The first-order chi connectivity index (χ1) is 15.5. The Bertz CT molecular complexity index is 1290. The summed E-state index contributed by atoms with van der Waals surface area (Å²) in [5, 5.41) is 0. The van der Waals surface area contributed by atoms with Crippen molar-refractivity contribution < 1.29 is 17.9 Å². The van der Waals surface area contributed by atoms with Crippen LogP contribution in [0.2, 0.25) is 0 Å². The molecule has 1 heterocycles. The van der Waals surface area contributed by atoms with Gasteiger partial charge >= 0.3 is 0 Å². The first-order valence-corrected chi connectivity index (χ1v) is 12.0. The van der Waals surface area contributed by atoms with Crippen LogP contribution in [0, 0.1) is 27.7 Å². The van der Waals surface area contributed by atoms with Crippen LogP contribution in [0.1, 0.15) is 38.3 Å². The number of methoxy groups -OCH3 is 1. The van der Waals surface area contributed by atoms with Crippen molar-refractivity contribution >= 4 is 21.6 Å². The first-order valence-electron chi connectivity index (χ1n) is 10.5. The molecule has 0 aliphatic carbocycles. The highest BCUT2D eigenvalue weighted by molar-refractivity contribution is 7.92. The summed E-state index contributed by atoms with van der Waals surface area (Å²) in [6, 6.07) is 11.4. The lowest BCUT2D eigenvalue weighted by atomic mass is 10.1. The summed E-state index contributed by atoms with van der Waals surface area (Å²) in [6.45, 7) is 7.96. The number of anilines is 1. The summed E-state index contributed by atoms with van der Waals surface area (Å²) in [5.41, 5.74) is 5.34. The second kappa shape index (κ2) is 9.62. The highest BCUT2D eigenvalue weighted by Gasteiger charge is 2.18. The SMILES string of the molecule is COc1c(C)cnc(CN(C)C(=O)c2ccc(NS(=O)(=O)c3ccc(C)c(C)c3)cc2)c1C. The van der Waals surface area contributed by atoms with Gasteiger partial charge in [0.2, 0.25) is 0 Å². The minimum atomic E-state index is -3.72. The third kappa shape index (κ3) is 5.34. The van der Waals surface area contributed by atoms with Gasteiger partial charge in [0.15, 0.2) is 0 Å². The van der Waals surface area contributed by atoms with Crippen LogP contribution < -0.4 is 9.46 Å². The Labute approximate surface area is 195 Å². The lowest BCUT2D eigenvalue weighted by Gasteiger charge is -2.19. The average Bonchev–Trinajstić information content (AvgIpc) is 2.77. The van der Waals surface area contributed by atoms with Crippen LogP contribution in [0.15, 0.2) is 53.6 Å². The van der Waals surface area contributed by atoms with Crippen molar-refractivity contribution in [3.63, 3.8) is 0 Å². The molecule has 0 atom stereocenters. The molecule has 0 fully saturated rings. The molecule has 3 rings (SSSR count). The minimum Gasteiger partial charge on any atom is -0.496 e. The summed E-state index contributed by atoms with van der Waals surface area (Å²) in [7, 11) is -0.408. The predicted octanol–water partition coefficient (Wildman–Crippen LogP) is 4.40. The largest absolute Gasteiger partial charge is 0.496 e. The standard InChI is InChI=1S/C25H29N3O4S/c1-16-7-12-22(13-17(16)2)33(30,31)27-21-10-8-20(9-11-21)25(29)28(5)15-23-19(4)24(32-6)18(3)14-26-23/h7-14,27H,15H2,1-6H3. The maximum absolute atomic E-state index is 12.9. The number of benzene rings is 2. The fourth-order valence-electron chi connectivity index (χ4n) is 3.52. The van der Waals surface area contributed by atoms with Gasteiger partial charge in [-0.05, 0) is 75.2 Å². The van der Waals surface area contributed by atoms with Gasteiger partial charge in [-0.2, -0.15) is 0 Å². The Morgan fingerprint density at radius 1 is 1.00 bits per heavy atom. The lowest BCUT2D eigenvalue weighted by Crippen LogP contribution is -2.27. The summed E-state index contributed by atoms with van der Waals surface area (Å²) in [6.07, 6.45) is 1.73. The molecule has 0 saturated carbocycles. The number of amides is 1. The van der Waals surface area contributed by atoms with Crippen molar-refractivity contribution in [1.29, 1.82) is 0 Å². The molecule has 8 heteroatoms. The van der Waals surface area contributed by atoms with Gasteiger partial charge < -0.3 is 9.64 Å². The van der Waals surface area contributed by atoms with Gasteiger partial charge in [-0.25, -0.2) is 8.42 Å². The van der Waals surface area contributed by atoms with E-state index in [2.05, 4.69) is 9.71 Å². The Hall–Kier alpha value is -3.39. The smallest absolute Gasteiger partial charge is 0.261 e. The lowest BCUT2D eigenvalue weighted by molar-refractivity contribution is 0.0783. The van der Waals surface area contributed by atoms with Crippen molar-refractivity contribution in [2.45, 2.75) is 39.1 Å². The van der Waals surface area contributed by atoms with Crippen molar-refractivity contribution in [2.75, 3.05) is 18.9 Å². The van der Waals surface area contributed by atoms with E-state index >= 15 is 0 Å². The molecule has 0 aliphatic rings. The summed E-state index contributed by atoms with van der Waals surface area (Å²) >= 11 is 0. The molecule has 1 aromatic heterocycles. The van der Waals surface area contributed by atoms with Crippen LogP contribution in [0.5, 0.6) is 5.75 Å². The zero-order chi connectivity index (χ0) is 24.3. The van der Waals surface area contributed by atoms with E-state index in [1.807, 2.05) is 27.7 Å². The molecule has 174 valence electrons. The van der Waals surface area contributed by atoms with E-state index in [4.69, 9.17) is 4.74 Å². The van der Waals surface area contributed by atoms with E-state index in [0.717, 1.165) is 33.7 Å². The Kier molecular flexibility index (Phi) is 7.07. The van der Waals surface area contributed by atoms with Crippen LogP contribution in [-0.4, -0.2) is 38.4 Å². The number of hydrogen-bond acceptors (Lipinski definition) is 5. The van der Waals surface area contributed by atoms with Crippen molar-refractivity contribution in [2.24, 2.45) is 0 Å². The normalized spacial score (nSPS) is 11.2. The molecule has 0 unspecified atom stereocenters. The van der Waals surface area contributed by atoms with Gasteiger partial charge in [0.25, 0.3) is 15.9 Å². The number of nitrogens with zero attached hydrogens (tertiary/aromatic N) is 2. The third-order valence-corrected chi connectivity index (χ3v) is 7.04. The Morgan fingerprint density at radius 3 is 2.27 bits per heavy atom. The molecule has 7 nitrogen and oxygen atoms in total. The number of aromatic nitrogens is 1. The monoisotopic (exact) mass is 467 g/mol. The Morgan fingerprint density at radius 2 is 1.67 bits per heavy atom. The zero-order valence-corrected chi connectivity index (χ0v) is 20.6. The van der Waals surface area contributed by atoms with E-state index in [-0.39, 0.29) is 10.8 Å². The van der Waals surface area contributed by atoms with E-state index < -0.39 is 10.0 Å². The maximum Gasteiger partial charge on any atom is 0.261 e. The van der Waals surface area contributed by atoms with Crippen molar-refractivity contribution in [1.82, 2.24) is 9.88 Å². The van der Waals surface area contributed by atoms with Crippen LogP contribution in [0.4, 0.5) is 5.69 Å². The third-order valence-electron chi connectivity index (χ3n) is 5.66. The van der Waals surface area contributed by atoms with Crippen LogP contribution in [0.25, 0.3) is 0 Å².